The summed E-state index contributed by atoms with van der Waals surface area (Å²) < 4.78 is 13.3. The van der Waals surface area contributed by atoms with Crippen LogP contribution in [0.25, 0.3) is 21.7 Å². The van der Waals surface area contributed by atoms with E-state index in [0.717, 1.165) is 21.6 Å². The van der Waals surface area contributed by atoms with Gasteiger partial charge in [0.2, 0.25) is 5.89 Å². The molecule has 9 nitrogen and oxygen atoms in total. The standard InChI is InChI=1S/C25H35N7O2SSi/c1-15(2)29-20-11-22(30-16-8-9-19-21(10-16)35-14-28-19)27-12-17(20)23-31-32-24(34-23)18(26)13-33-36(6,7)25(3,4)5/h8-12,14-15,18H,13,26H2,1-7H3,(H2,27,29,30). The molecule has 4 rings (SSSR count). The molecule has 0 spiro atoms. The Kier molecular flexibility index (Phi) is 7.46. The van der Waals surface area contributed by atoms with Crippen molar-refractivity contribution in [2.45, 2.75) is 64.8 Å². The van der Waals surface area contributed by atoms with E-state index in [1.165, 1.54) is 0 Å². The predicted octanol–water partition coefficient (Wildman–Crippen LogP) is 6.33. The van der Waals surface area contributed by atoms with Crippen LogP contribution in [-0.4, -0.2) is 41.1 Å². The minimum absolute atomic E-state index is 0.0952. The second-order valence-electron chi connectivity index (χ2n) is 10.7. The Labute approximate surface area is 217 Å². The molecule has 0 bridgehead atoms. The first-order valence-electron chi connectivity index (χ1n) is 12.0. The Balaban J connectivity index is 1.54. The van der Waals surface area contributed by atoms with Gasteiger partial charge in [-0.1, -0.05) is 20.8 Å². The summed E-state index contributed by atoms with van der Waals surface area (Å²) in [5, 5.41) is 15.4. The summed E-state index contributed by atoms with van der Waals surface area (Å²) in [6.07, 6.45) is 1.73. The number of pyridine rings is 1. The van der Waals surface area contributed by atoms with E-state index in [9.17, 15) is 0 Å². The van der Waals surface area contributed by atoms with Gasteiger partial charge in [-0.2, -0.15) is 0 Å². The lowest BCUT2D eigenvalue weighted by molar-refractivity contribution is 0.247. The van der Waals surface area contributed by atoms with E-state index >= 15 is 0 Å². The molecule has 0 saturated heterocycles. The Morgan fingerprint density at radius 1 is 1.14 bits per heavy atom. The van der Waals surface area contributed by atoms with Gasteiger partial charge in [0, 0.05) is 24.0 Å². The number of hydrogen-bond donors (Lipinski definition) is 3. The van der Waals surface area contributed by atoms with E-state index in [-0.39, 0.29) is 11.1 Å². The Morgan fingerprint density at radius 3 is 2.64 bits per heavy atom. The van der Waals surface area contributed by atoms with E-state index < -0.39 is 14.4 Å². The van der Waals surface area contributed by atoms with Gasteiger partial charge in [-0.3, -0.25) is 0 Å². The third-order valence-electron chi connectivity index (χ3n) is 6.37. The van der Waals surface area contributed by atoms with Gasteiger partial charge in [0.15, 0.2) is 8.32 Å². The molecule has 0 aliphatic carbocycles. The number of fused-ring (bicyclic) bond motifs is 1. The van der Waals surface area contributed by atoms with Crippen LogP contribution in [0.5, 0.6) is 0 Å². The van der Waals surface area contributed by atoms with Gasteiger partial charge in [-0.15, -0.1) is 21.5 Å². The number of aromatic nitrogens is 4. The Morgan fingerprint density at radius 2 is 1.92 bits per heavy atom. The first-order valence-corrected chi connectivity index (χ1v) is 15.8. The predicted molar refractivity (Wildman–Crippen MR) is 149 cm³/mol. The third-order valence-corrected chi connectivity index (χ3v) is 11.7. The van der Waals surface area contributed by atoms with Crippen molar-refractivity contribution in [1.82, 2.24) is 20.2 Å². The molecule has 1 aromatic carbocycles. The van der Waals surface area contributed by atoms with Crippen LogP contribution >= 0.6 is 11.3 Å². The summed E-state index contributed by atoms with van der Waals surface area (Å²) >= 11 is 1.61. The van der Waals surface area contributed by atoms with Crippen LogP contribution in [0, 0.1) is 0 Å². The SMILES string of the molecule is CC(C)Nc1cc(Nc2ccc3ncsc3c2)ncc1-c1nnc(C(N)CO[Si](C)(C)C(C)(C)C)o1. The summed E-state index contributed by atoms with van der Waals surface area (Å²) in [5.74, 6) is 1.41. The van der Waals surface area contributed by atoms with E-state index in [1.807, 2.05) is 23.7 Å². The molecule has 11 heteroatoms. The quantitative estimate of drug-likeness (QED) is 0.215. The van der Waals surface area contributed by atoms with Gasteiger partial charge in [0.1, 0.15) is 11.9 Å². The highest BCUT2D eigenvalue weighted by Gasteiger charge is 2.37. The number of thiazole rings is 1. The maximum absolute atomic E-state index is 6.35. The van der Waals surface area contributed by atoms with E-state index in [2.05, 4.69) is 84.6 Å². The minimum atomic E-state index is -1.93. The third kappa shape index (κ3) is 5.92. The molecule has 3 aromatic heterocycles. The highest BCUT2D eigenvalue weighted by atomic mass is 32.1. The van der Waals surface area contributed by atoms with Crippen molar-refractivity contribution in [1.29, 1.82) is 0 Å². The zero-order valence-corrected chi connectivity index (χ0v) is 23.7. The highest BCUT2D eigenvalue weighted by molar-refractivity contribution is 7.16. The van der Waals surface area contributed by atoms with E-state index in [4.69, 9.17) is 14.6 Å². The number of hydrogen-bond acceptors (Lipinski definition) is 10. The summed E-state index contributed by atoms with van der Waals surface area (Å²) in [6.45, 7) is 15.5. The first-order chi connectivity index (χ1) is 16.9. The summed E-state index contributed by atoms with van der Waals surface area (Å²) in [5.41, 5.74) is 11.7. The monoisotopic (exact) mass is 525 g/mol. The van der Waals surface area contributed by atoms with Crippen LogP contribution in [0.1, 0.15) is 46.6 Å². The number of nitrogens with zero attached hydrogens (tertiary/aromatic N) is 4. The largest absolute Gasteiger partial charge is 0.419 e. The number of nitrogens with one attached hydrogen (secondary N) is 2. The van der Waals surface area contributed by atoms with Crippen molar-refractivity contribution in [3.63, 3.8) is 0 Å². The molecule has 192 valence electrons. The molecule has 4 N–H and O–H groups in total. The number of rotatable bonds is 9. The zero-order valence-electron chi connectivity index (χ0n) is 21.9. The second kappa shape index (κ2) is 10.2. The molecule has 0 aliphatic heterocycles. The highest BCUT2D eigenvalue weighted by Crippen LogP contribution is 2.37. The van der Waals surface area contributed by atoms with Crippen molar-refractivity contribution in [3.05, 3.63) is 41.9 Å². The summed E-state index contributed by atoms with van der Waals surface area (Å²) in [4.78, 5) is 8.93. The lowest BCUT2D eigenvalue weighted by atomic mass is 10.2. The van der Waals surface area contributed by atoms with Crippen LogP contribution < -0.4 is 16.4 Å². The van der Waals surface area contributed by atoms with E-state index in [0.29, 0.717) is 29.8 Å². The van der Waals surface area contributed by atoms with Crippen LogP contribution in [0.2, 0.25) is 18.1 Å². The molecule has 4 aromatic rings. The minimum Gasteiger partial charge on any atom is -0.419 e. The van der Waals surface area contributed by atoms with Crippen LogP contribution in [0.3, 0.4) is 0 Å². The molecule has 0 saturated carbocycles. The maximum Gasteiger partial charge on any atom is 0.251 e. The van der Waals surface area contributed by atoms with Crippen molar-refractivity contribution in [2.75, 3.05) is 17.2 Å². The maximum atomic E-state index is 6.35. The Hall–Kier alpha value is -2.86. The number of anilines is 3. The number of nitrogens with two attached hydrogens (primary N) is 1. The molecular weight excluding hydrogens is 490 g/mol. The second-order valence-corrected chi connectivity index (χ2v) is 16.4. The van der Waals surface area contributed by atoms with Crippen molar-refractivity contribution in [3.8, 4) is 11.5 Å². The van der Waals surface area contributed by atoms with Crippen molar-refractivity contribution >= 4 is 47.1 Å². The van der Waals surface area contributed by atoms with E-state index in [1.54, 1.807) is 17.5 Å². The molecule has 1 atom stereocenters. The normalized spacial score (nSPS) is 13.4. The molecule has 0 aliphatic rings. The van der Waals surface area contributed by atoms with Gasteiger partial charge in [0.05, 0.1) is 33.6 Å². The smallest absolute Gasteiger partial charge is 0.251 e. The zero-order chi connectivity index (χ0) is 26.1. The average Bonchev–Trinajstić information content (AvgIpc) is 3.46. The lowest BCUT2D eigenvalue weighted by Crippen LogP contribution is -2.42. The fraction of sp³-hybridized carbons (Fsp3) is 0.440. The molecular formula is C25H35N7O2SSi. The van der Waals surface area contributed by atoms with Crippen molar-refractivity contribution in [2.24, 2.45) is 5.73 Å². The average molecular weight is 526 g/mol. The van der Waals surface area contributed by atoms with Gasteiger partial charge < -0.3 is 25.2 Å². The lowest BCUT2D eigenvalue weighted by Gasteiger charge is -2.36. The molecule has 0 fully saturated rings. The van der Waals surface area contributed by atoms with Crippen LogP contribution in [0.4, 0.5) is 17.2 Å². The first kappa shape index (κ1) is 26.2. The summed E-state index contributed by atoms with van der Waals surface area (Å²) in [6, 6.07) is 7.68. The van der Waals surface area contributed by atoms with Gasteiger partial charge >= 0.3 is 0 Å². The van der Waals surface area contributed by atoms with Gasteiger partial charge in [-0.25, -0.2) is 9.97 Å². The molecule has 0 amide bonds. The summed E-state index contributed by atoms with van der Waals surface area (Å²) in [7, 11) is -1.93. The Bertz CT molecular complexity index is 1330. The molecule has 1 unspecified atom stereocenters. The fourth-order valence-electron chi connectivity index (χ4n) is 3.28. The molecule has 3 heterocycles. The van der Waals surface area contributed by atoms with Crippen LogP contribution in [-0.2, 0) is 4.43 Å². The van der Waals surface area contributed by atoms with Crippen molar-refractivity contribution < 1.29 is 8.84 Å². The van der Waals surface area contributed by atoms with Gasteiger partial charge in [0.25, 0.3) is 5.89 Å². The fourth-order valence-corrected chi connectivity index (χ4v) is 5.03. The van der Waals surface area contributed by atoms with Crippen LogP contribution in [0.15, 0.2) is 40.4 Å². The molecule has 0 radical (unpaired) electrons. The van der Waals surface area contributed by atoms with Gasteiger partial charge in [-0.05, 0) is 50.2 Å². The molecule has 36 heavy (non-hydrogen) atoms. The topological polar surface area (TPSA) is 124 Å². The number of benzene rings is 1.